The lowest BCUT2D eigenvalue weighted by Gasteiger charge is -2.20. The molecule has 108 valence electrons. The minimum absolute atomic E-state index is 0.0732. The Morgan fingerprint density at radius 2 is 2.15 bits per heavy atom. The van der Waals surface area contributed by atoms with Crippen LogP contribution < -0.4 is 5.32 Å². The Morgan fingerprint density at radius 1 is 1.45 bits per heavy atom. The summed E-state index contributed by atoms with van der Waals surface area (Å²) in [6.07, 6.45) is 0.701. The Kier molecular flexibility index (Phi) is 3.92. The molecule has 1 aliphatic rings. The number of amides is 2. The van der Waals surface area contributed by atoms with Crippen LogP contribution in [0.3, 0.4) is 0 Å². The van der Waals surface area contributed by atoms with Gasteiger partial charge in [0, 0.05) is 25.5 Å². The lowest BCUT2D eigenvalue weighted by molar-refractivity contribution is -0.130. The van der Waals surface area contributed by atoms with Crippen molar-refractivity contribution in [3.8, 4) is 0 Å². The van der Waals surface area contributed by atoms with Crippen LogP contribution in [0.25, 0.3) is 0 Å². The molecular weight excluding hydrogens is 258 g/mol. The number of nitrogens with one attached hydrogen (secondary N) is 1. The molecule has 2 rings (SSSR count). The second-order valence-corrected chi connectivity index (χ2v) is 5.03. The Labute approximate surface area is 117 Å². The Hall–Kier alpha value is -2.11. The van der Waals surface area contributed by atoms with E-state index in [4.69, 9.17) is 4.42 Å². The molecule has 1 aliphatic heterocycles. The molecule has 0 saturated heterocycles. The van der Waals surface area contributed by atoms with Crippen molar-refractivity contribution < 1.29 is 14.0 Å². The fourth-order valence-corrected chi connectivity index (χ4v) is 2.27. The van der Waals surface area contributed by atoms with Crippen molar-refractivity contribution in [3.63, 3.8) is 0 Å². The van der Waals surface area contributed by atoms with Crippen LogP contribution in [0, 0.1) is 13.8 Å². The number of carbonyl (C=O) groups excluding carboxylic acids is 2. The number of carbonyl (C=O) groups is 2. The predicted octanol–water partition coefficient (Wildman–Crippen LogP) is 1.68. The van der Waals surface area contributed by atoms with Gasteiger partial charge < -0.3 is 9.73 Å². The minimum Gasteiger partial charge on any atom is -0.466 e. The van der Waals surface area contributed by atoms with Gasteiger partial charge in [-0.2, -0.15) is 5.10 Å². The first kappa shape index (κ1) is 14.3. The lowest BCUT2D eigenvalue weighted by atomic mass is 10.1. The number of hydrogen-bond acceptors (Lipinski definition) is 4. The van der Waals surface area contributed by atoms with Gasteiger partial charge >= 0.3 is 0 Å². The van der Waals surface area contributed by atoms with Crippen LogP contribution in [-0.4, -0.2) is 29.6 Å². The molecule has 0 bridgehead atoms. The molecule has 2 heterocycles. The number of aryl methyl sites for hydroxylation is 2. The van der Waals surface area contributed by atoms with Crippen molar-refractivity contribution >= 4 is 17.5 Å². The fourth-order valence-electron chi connectivity index (χ4n) is 2.27. The quantitative estimate of drug-likeness (QED) is 0.913. The van der Waals surface area contributed by atoms with Crippen LogP contribution in [0.2, 0.25) is 0 Å². The van der Waals surface area contributed by atoms with Gasteiger partial charge in [0.2, 0.25) is 5.91 Å². The number of hydrogen-bond donors (Lipinski definition) is 1. The minimum atomic E-state index is -0.241. The van der Waals surface area contributed by atoms with Crippen molar-refractivity contribution in [1.29, 1.82) is 0 Å². The molecule has 6 heteroatoms. The van der Waals surface area contributed by atoms with E-state index in [0.29, 0.717) is 18.6 Å². The van der Waals surface area contributed by atoms with E-state index >= 15 is 0 Å². The van der Waals surface area contributed by atoms with Gasteiger partial charge in [-0.15, -0.1) is 0 Å². The van der Waals surface area contributed by atoms with E-state index in [1.807, 2.05) is 26.8 Å². The van der Waals surface area contributed by atoms with Crippen LogP contribution in [0.1, 0.15) is 42.9 Å². The number of furan rings is 1. The molecular formula is C14H19N3O3. The normalized spacial score (nSPS) is 16.9. The van der Waals surface area contributed by atoms with E-state index in [1.54, 1.807) is 7.05 Å². The zero-order chi connectivity index (χ0) is 14.9. The van der Waals surface area contributed by atoms with E-state index in [-0.39, 0.29) is 17.9 Å². The van der Waals surface area contributed by atoms with E-state index in [2.05, 4.69) is 10.4 Å². The van der Waals surface area contributed by atoms with Gasteiger partial charge in [0.15, 0.2) is 0 Å². The average Bonchev–Trinajstić information content (AvgIpc) is 2.71. The number of hydrazone groups is 1. The van der Waals surface area contributed by atoms with Crippen molar-refractivity contribution in [2.45, 2.75) is 39.7 Å². The van der Waals surface area contributed by atoms with E-state index in [0.717, 1.165) is 17.1 Å². The summed E-state index contributed by atoms with van der Waals surface area (Å²) in [4.78, 5) is 23.5. The molecule has 6 nitrogen and oxygen atoms in total. The monoisotopic (exact) mass is 277 g/mol. The van der Waals surface area contributed by atoms with Gasteiger partial charge in [0.05, 0.1) is 6.04 Å². The lowest BCUT2D eigenvalue weighted by Crippen LogP contribution is -2.38. The van der Waals surface area contributed by atoms with Gasteiger partial charge in [-0.1, -0.05) is 0 Å². The molecule has 0 radical (unpaired) electrons. The summed E-state index contributed by atoms with van der Waals surface area (Å²) >= 11 is 0. The highest BCUT2D eigenvalue weighted by Gasteiger charge is 2.24. The fraction of sp³-hybridized carbons (Fsp3) is 0.500. The van der Waals surface area contributed by atoms with E-state index < -0.39 is 0 Å². The van der Waals surface area contributed by atoms with Gasteiger partial charge in [-0.3, -0.25) is 9.59 Å². The van der Waals surface area contributed by atoms with Crippen molar-refractivity contribution in [2.75, 3.05) is 7.05 Å². The highest BCUT2D eigenvalue weighted by atomic mass is 16.3. The second kappa shape index (κ2) is 5.48. The van der Waals surface area contributed by atoms with Gasteiger partial charge in [-0.05, 0) is 26.8 Å². The Morgan fingerprint density at radius 3 is 2.70 bits per heavy atom. The summed E-state index contributed by atoms with van der Waals surface area (Å²) in [5.41, 5.74) is 1.34. The molecule has 0 saturated carbocycles. The third-order valence-electron chi connectivity index (χ3n) is 3.36. The standard InChI is InChI=1S/C14H19N3O3/c1-8-7-11(10(3)20-8)9(2)15-14(19)12-5-6-13(18)17(4)16-12/h7,9H,5-6H2,1-4H3,(H,15,19). The highest BCUT2D eigenvalue weighted by molar-refractivity contribution is 6.39. The Bertz CT molecular complexity index is 574. The second-order valence-electron chi connectivity index (χ2n) is 5.03. The van der Waals surface area contributed by atoms with Gasteiger partial charge in [-0.25, -0.2) is 5.01 Å². The summed E-state index contributed by atoms with van der Waals surface area (Å²) in [7, 11) is 1.56. The molecule has 0 aromatic carbocycles. The molecule has 1 aromatic heterocycles. The first-order valence-corrected chi connectivity index (χ1v) is 6.60. The smallest absolute Gasteiger partial charge is 0.267 e. The maximum absolute atomic E-state index is 12.1. The molecule has 1 atom stereocenters. The zero-order valence-corrected chi connectivity index (χ0v) is 12.2. The van der Waals surface area contributed by atoms with Crippen LogP contribution in [0.15, 0.2) is 15.6 Å². The summed E-state index contributed by atoms with van der Waals surface area (Å²) < 4.78 is 5.46. The molecule has 1 unspecified atom stereocenters. The molecule has 0 fully saturated rings. The summed E-state index contributed by atoms with van der Waals surface area (Å²) in [6.45, 7) is 5.64. The van der Waals surface area contributed by atoms with Crippen LogP contribution >= 0.6 is 0 Å². The first-order chi connectivity index (χ1) is 9.38. The highest BCUT2D eigenvalue weighted by Crippen LogP contribution is 2.21. The molecule has 0 aliphatic carbocycles. The van der Waals surface area contributed by atoms with E-state index in [1.165, 1.54) is 5.01 Å². The molecule has 1 aromatic rings. The largest absolute Gasteiger partial charge is 0.466 e. The molecule has 1 N–H and O–H groups in total. The molecule has 0 spiro atoms. The maximum atomic E-state index is 12.1. The number of rotatable bonds is 3. The van der Waals surface area contributed by atoms with Crippen molar-refractivity contribution in [1.82, 2.24) is 10.3 Å². The Balaban J connectivity index is 2.06. The molecule has 20 heavy (non-hydrogen) atoms. The molecule has 2 amide bonds. The van der Waals surface area contributed by atoms with Crippen LogP contribution in [0.4, 0.5) is 0 Å². The maximum Gasteiger partial charge on any atom is 0.267 e. The summed E-state index contributed by atoms with van der Waals surface area (Å²) in [6, 6.07) is 1.75. The summed E-state index contributed by atoms with van der Waals surface area (Å²) in [5, 5.41) is 8.11. The van der Waals surface area contributed by atoms with Gasteiger partial charge in [0.25, 0.3) is 5.91 Å². The SMILES string of the molecule is Cc1cc(C(C)NC(=O)C2=NN(C)C(=O)CC2)c(C)o1. The third-order valence-corrected chi connectivity index (χ3v) is 3.36. The van der Waals surface area contributed by atoms with Crippen molar-refractivity contribution in [3.05, 3.63) is 23.2 Å². The van der Waals surface area contributed by atoms with E-state index in [9.17, 15) is 9.59 Å². The van der Waals surface area contributed by atoms with Crippen LogP contribution in [-0.2, 0) is 9.59 Å². The third kappa shape index (κ3) is 2.89. The summed E-state index contributed by atoms with van der Waals surface area (Å²) in [5.74, 6) is 1.30. The topological polar surface area (TPSA) is 74.9 Å². The van der Waals surface area contributed by atoms with Gasteiger partial charge in [0.1, 0.15) is 17.2 Å². The zero-order valence-electron chi connectivity index (χ0n) is 12.2. The first-order valence-electron chi connectivity index (χ1n) is 6.60. The van der Waals surface area contributed by atoms with Crippen molar-refractivity contribution in [2.24, 2.45) is 5.10 Å². The predicted molar refractivity (Wildman–Crippen MR) is 74.2 cm³/mol. The van der Waals surface area contributed by atoms with Crippen LogP contribution in [0.5, 0.6) is 0 Å². The average molecular weight is 277 g/mol. The number of nitrogens with zero attached hydrogens (tertiary/aromatic N) is 2.